The van der Waals surface area contributed by atoms with Crippen molar-refractivity contribution in [1.29, 1.82) is 0 Å². The molecule has 2 nitrogen and oxygen atoms in total. The van der Waals surface area contributed by atoms with E-state index in [9.17, 15) is 22.4 Å². The number of hydrogen-bond donors (Lipinski definition) is 0. The molecule has 0 fully saturated rings. The average molecular weight is 333 g/mol. The first-order valence-corrected chi connectivity index (χ1v) is 6.41. The molecule has 2 aromatic rings. The predicted molar refractivity (Wildman–Crippen MR) is 73.9 cm³/mol. The van der Waals surface area contributed by atoms with E-state index in [4.69, 9.17) is 11.6 Å². The molecule has 0 radical (unpaired) electrons. The van der Waals surface area contributed by atoms with Gasteiger partial charge in [-0.2, -0.15) is 17.6 Å². The van der Waals surface area contributed by atoms with Gasteiger partial charge in [-0.05, 0) is 41.5 Å². The minimum Gasteiger partial charge on any atom is -0.428 e. The van der Waals surface area contributed by atoms with Gasteiger partial charge >= 0.3 is 12.5 Å². The molecule has 0 amide bonds. The summed E-state index contributed by atoms with van der Waals surface area (Å²) in [6.45, 7) is 0. The first kappa shape index (κ1) is 16.3. The molecule has 0 bridgehead atoms. The Morgan fingerprint density at radius 1 is 1.05 bits per heavy atom. The molecule has 116 valence electrons. The lowest BCUT2D eigenvalue weighted by atomic mass is 10.0. The fourth-order valence-electron chi connectivity index (χ4n) is 1.76. The Kier molecular flexibility index (Phi) is 4.71. The molecule has 0 spiro atoms. The van der Waals surface area contributed by atoms with E-state index < -0.39 is 18.3 Å². The summed E-state index contributed by atoms with van der Waals surface area (Å²) in [6, 6.07) is 9.67. The number of ether oxygens (including phenoxy) is 1. The molecule has 2 aromatic carbocycles. The molecule has 0 N–H and O–H groups in total. The molecule has 22 heavy (non-hydrogen) atoms. The van der Waals surface area contributed by atoms with E-state index in [0.717, 1.165) is 12.1 Å². The fourth-order valence-corrected chi connectivity index (χ4v) is 2.01. The number of hydrogen-bond acceptors (Lipinski definition) is 2. The van der Waals surface area contributed by atoms with E-state index in [1.807, 2.05) is 0 Å². The van der Waals surface area contributed by atoms with Gasteiger partial charge in [0.1, 0.15) is 12.0 Å². The largest absolute Gasteiger partial charge is 0.461 e. The van der Waals surface area contributed by atoms with Crippen molar-refractivity contribution >= 4 is 17.9 Å². The standard InChI is InChI=1S/C15H9ClF4O2/c16-12-6-9(8-21)5-11(7-12)10-1-3-13(4-2-10)22-15(19,20)14(17)18/h1-8,14H. The molecule has 7 heteroatoms. The molecular weight excluding hydrogens is 324 g/mol. The van der Waals surface area contributed by atoms with Crippen LogP contribution in [0.25, 0.3) is 11.1 Å². The van der Waals surface area contributed by atoms with Crippen LogP contribution in [0.4, 0.5) is 17.6 Å². The SMILES string of the molecule is O=Cc1cc(Cl)cc(-c2ccc(OC(F)(F)C(F)F)cc2)c1. The Balaban J connectivity index is 2.26. The van der Waals surface area contributed by atoms with Gasteiger partial charge in [-0.15, -0.1) is 0 Å². The lowest BCUT2D eigenvalue weighted by Crippen LogP contribution is -2.33. The molecule has 0 saturated carbocycles. The van der Waals surface area contributed by atoms with E-state index >= 15 is 0 Å². The highest BCUT2D eigenvalue weighted by molar-refractivity contribution is 6.31. The van der Waals surface area contributed by atoms with Gasteiger partial charge in [0.15, 0.2) is 0 Å². The maximum absolute atomic E-state index is 12.8. The van der Waals surface area contributed by atoms with Crippen molar-refractivity contribution in [1.82, 2.24) is 0 Å². The zero-order valence-corrected chi connectivity index (χ0v) is 11.7. The highest BCUT2D eigenvalue weighted by Gasteiger charge is 2.43. The highest BCUT2D eigenvalue weighted by Crippen LogP contribution is 2.30. The van der Waals surface area contributed by atoms with Crippen LogP contribution in [0.1, 0.15) is 10.4 Å². The van der Waals surface area contributed by atoms with Crippen molar-refractivity contribution in [2.45, 2.75) is 12.5 Å². The Morgan fingerprint density at radius 3 is 2.23 bits per heavy atom. The Bertz CT molecular complexity index is 672. The van der Waals surface area contributed by atoms with Gasteiger partial charge in [0.05, 0.1) is 0 Å². The molecule has 0 saturated heterocycles. The molecule has 0 heterocycles. The van der Waals surface area contributed by atoms with Crippen LogP contribution in [0.5, 0.6) is 5.75 Å². The molecule has 0 aromatic heterocycles. The lowest BCUT2D eigenvalue weighted by molar-refractivity contribution is -0.253. The van der Waals surface area contributed by atoms with Crippen molar-refractivity contribution in [2.75, 3.05) is 0 Å². The van der Waals surface area contributed by atoms with Gasteiger partial charge < -0.3 is 4.74 Å². The van der Waals surface area contributed by atoms with Crippen molar-refractivity contribution in [2.24, 2.45) is 0 Å². The predicted octanol–water partition coefficient (Wildman–Crippen LogP) is 5.06. The number of aldehydes is 1. The van der Waals surface area contributed by atoms with Crippen LogP contribution >= 0.6 is 11.6 Å². The second kappa shape index (κ2) is 6.36. The summed E-state index contributed by atoms with van der Waals surface area (Å²) in [5.74, 6) is -0.397. The quantitative estimate of drug-likeness (QED) is 0.565. The molecule has 0 unspecified atom stereocenters. The monoisotopic (exact) mass is 332 g/mol. The second-order valence-electron chi connectivity index (χ2n) is 4.38. The normalized spacial score (nSPS) is 11.5. The van der Waals surface area contributed by atoms with Crippen LogP contribution < -0.4 is 4.74 Å². The zero-order valence-electron chi connectivity index (χ0n) is 10.9. The number of halogens is 5. The number of carbonyl (C=O) groups excluding carboxylic acids is 1. The molecule has 0 aliphatic rings. The van der Waals surface area contributed by atoms with Crippen LogP contribution in [0.15, 0.2) is 42.5 Å². The molecule has 0 aliphatic heterocycles. The van der Waals surface area contributed by atoms with Crippen LogP contribution in [0, 0.1) is 0 Å². The van der Waals surface area contributed by atoms with E-state index in [1.165, 1.54) is 18.2 Å². The number of carbonyl (C=O) groups is 1. The van der Waals surface area contributed by atoms with Crippen molar-refractivity contribution in [3.8, 4) is 16.9 Å². The van der Waals surface area contributed by atoms with Crippen LogP contribution in [-0.2, 0) is 0 Å². The summed E-state index contributed by atoms with van der Waals surface area (Å²) in [5, 5.41) is 0.337. The average Bonchev–Trinajstić information content (AvgIpc) is 2.46. The maximum Gasteiger partial charge on any atom is 0.461 e. The van der Waals surface area contributed by atoms with Crippen molar-refractivity contribution < 1.29 is 27.1 Å². The van der Waals surface area contributed by atoms with E-state index in [0.29, 0.717) is 28.0 Å². The molecule has 0 aliphatic carbocycles. The lowest BCUT2D eigenvalue weighted by Gasteiger charge is -2.16. The third kappa shape index (κ3) is 3.76. The zero-order chi connectivity index (χ0) is 16.3. The van der Waals surface area contributed by atoms with E-state index in [1.54, 1.807) is 12.1 Å². The van der Waals surface area contributed by atoms with Crippen molar-refractivity contribution in [3.05, 3.63) is 53.1 Å². The summed E-state index contributed by atoms with van der Waals surface area (Å²) in [6.07, 6.45) is -7.85. The number of rotatable bonds is 5. The minimum absolute atomic E-state index is 0.337. The Hall–Kier alpha value is -2.08. The summed E-state index contributed by atoms with van der Waals surface area (Å²) >= 11 is 5.87. The van der Waals surface area contributed by atoms with Gasteiger partial charge in [0.25, 0.3) is 0 Å². The summed E-state index contributed by atoms with van der Waals surface area (Å²) in [7, 11) is 0. The third-order valence-corrected chi connectivity index (χ3v) is 2.97. The first-order valence-electron chi connectivity index (χ1n) is 6.03. The smallest absolute Gasteiger partial charge is 0.428 e. The maximum atomic E-state index is 12.8. The van der Waals surface area contributed by atoms with Crippen molar-refractivity contribution in [3.63, 3.8) is 0 Å². The van der Waals surface area contributed by atoms with Crippen LogP contribution in [-0.4, -0.2) is 18.8 Å². The Labute approximate surface area is 128 Å². The summed E-state index contributed by atoms with van der Waals surface area (Å²) in [4.78, 5) is 10.8. The molecule has 0 atom stereocenters. The third-order valence-electron chi connectivity index (χ3n) is 2.75. The second-order valence-corrected chi connectivity index (χ2v) is 4.82. The summed E-state index contributed by atoms with van der Waals surface area (Å²) in [5.41, 5.74) is 1.51. The minimum atomic E-state index is -4.55. The van der Waals surface area contributed by atoms with E-state index in [2.05, 4.69) is 4.74 Å². The highest BCUT2D eigenvalue weighted by atomic mass is 35.5. The Morgan fingerprint density at radius 2 is 1.68 bits per heavy atom. The van der Waals surface area contributed by atoms with Crippen LogP contribution in [0.2, 0.25) is 5.02 Å². The van der Waals surface area contributed by atoms with Gasteiger partial charge in [0, 0.05) is 10.6 Å². The molecule has 2 rings (SSSR count). The van der Waals surface area contributed by atoms with Gasteiger partial charge in [-0.1, -0.05) is 23.7 Å². The number of alkyl halides is 4. The first-order chi connectivity index (χ1) is 10.3. The van der Waals surface area contributed by atoms with Gasteiger partial charge in [-0.3, -0.25) is 4.79 Å². The molecular formula is C15H9ClF4O2. The number of benzene rings is 2. The van der Waals surface area contributed by atoms with Gasteiger partial charge in [0.2, 0.25) is 0 Å². The topological polar surface area (TPSA) is 26.3 Å². The van der Waals surface area contributed by atoms with Crippen LogP contribution in [0.3, 0.4) is 0 Å². The fraction of sp³-hybridized carbons (Fsp3) is 0.133. The van der Waals surface area contributed by atoms with E-state index in [-0.39, 0.29) is 0 Å². The summed E-state index contributed by atoms with van der Waals surface area (Å²) < 4.78 is 53.6. The van der Waals surface area contributed by atoms with Gasteiger partial charge in [-0.25, -0.2) is 0 Å².